The molecule has 2 N–H and O–H groups in total. The Hall–Kier alpha value is -2.71. The van der Waals surface area contributed by atoms with Gasteiger partial charge in [-0.15, -0.1) is 0 Å². The van der Waals surface area contributed by atoms with Crippen LogP contribution in [-0.2, 0) is 13.0 Å². The minimum absolute atomic E-state index is 0.106. The van der Waals surface area contributed by atoms with Gasteiger partial charge in [-0.25, -0.2) is 4.79 Å². The predicted molar refractivity (Wildman–Crippen MR) is 118 cm³/mol. The number of aromatic nitrogens is 2. The Bertz CT molecular complexity index is 1140. The van der Waals surface area contributed by atoms with Gasteiger partial charge in [0.05, 0.1) is 14.9 Å². The number of likely N-dealkylation sites (tertiary alicyclic amines) is 1. The number of fused-ring (bicyclic) bond motifs is 1. The normalized spacial score (nSPS) is 25.4. The van der Waals surface area contributed by atoms with Crippen molar-refractivity contribution in [3.05, 3.63) is 63.8 Å². The summed E-state index contributed by atoms with van der Waals surface area (Å²) in [6.45, 7) is 0.423. The minimum atomic E-state index is -2.34. The molecule has 1 aromatic heterocycles. The Balaban J connectivity index is 1.41. The molecule has 31 heavy (non-hydrogen) atoms. The van der Waals surface area contributed by atoms with Crippen molar-refractivity contribution in [2.24, 2.45) is 0 Å². The first-order valence-electron chi connectivity index (χ1n) is 12.5. The number of rotatable bonds is 5. The van der Waals surface area contributed by atoms with Crippen LogP contribution in [-0.4, -0.2) is 69.3 Å². The number of benzene rings is 1. The maximum absolute atomic E-state index is 13.0. The van der Waals surface area contributed by atoms with Gasteiger partial charge in [-0.1, -0.05) is 24.3 Å². The second kappa shape index (κ2) is 9.62. The highest BCUT2D eigenvalue weighted by Crippen LogP contribution is 2.20. The summed E-state index contributed by atoms with van der Waals surface area (Å²) in [4.78, 5) is 32.3. The number of aliphatic hydroxyl groups excluding tert-OH is 1. The van der Waals surface area contributed by atoms with Gasteiger partial charge in [-0.3, -0.25) is 14.7 Å². The lowest BCUT2D eigenvalue weighted by atomic mass is 10.00. The molecule has 0 radical (unpaired) electrons. The first kappa shape index (κ1) is 16.9. The molecule has 2 aliphatic heterocycles. The quantitative estimate of drug-likeness (QED) is 0.748. The van der Waals surface area contributed by atoms with Crippen LogP contribution in [0.2, 0.25) is 0 Å². The first-order chi connectivity index (χ1) is 16.5. The molecule has 166 valence electrons. The summed E-state index contributed by atoms with van der Waals surface area (Å²) in [6.07, 6.45) is 0.494. The third-order valence-electron chi connectivity index (χ3n) is 5.70. The molecule has 0 bridgehead atoms. The van der Waals surface area contributed by atoms with E-state index in [1.54, 1.807) is 0 Å². The van der Waals surface area contributed by atoms with Crippen LogP contribution in [0, 0.1) is 6.92 Å². The van der Waals surface area contributed by atoms with Crippen LogP contribution in [0.5, 0.6) is 0 Å². The molecule has 0 spiro atoms. The molecule has 1 saturated heterocycles. The molecular weight excluding hydrogens is 394 g/mol. The van der Waals surface area contributed by atoms with Crippen LogP contribution in [0.1, 0.15) is 41.1 Å². The molecule has 8 nitrogen and oxygen atoms in total. The summed E-state index contributed by atoms with van der Waals surface area (Å²) in [5.41, 5.74) is 2.14. The van der Waals surface area contributed by atoms with E-state index in [2.05, 4.69) is 27.3 Å². The number of nitrogens with one attached hydrogen (secondary N) is 1. The lowest BCUT2D eigenvalue weighted by Gasteiger charge is -2.34. The number of aliphatic hydroxyl groups is 1. The highest BCUT2D eigenvalue weighted by atomic mass is 16.3. The van der Waals surface area contributed by atoms with Crippen LogP contribution >= 0.6 is 0 Å². The molecule has 0 unspecified atom stereocenters. The summed E-state index contributed by atoms with van der Waals surface area (Å²) in [7, 11) is 0. The van der Waals surface area contributed by atoms with Gasteiger partial charge in [0.25, 0.3) is 5.56 Å². The summed E-state index contributed by atoms with van der Waals surface area (Å²) in [5.74, 6) is 0. The van der Waals surface area contributed by atoms with E-state index in [4.69, 9.17) is 5.48 Å². The van der Waals surface area contributed by atoms with Crippen molar-refractivity contribution in [3.63, 3.8) is 0 Å². The molecule has 1 aromatic carbocycles. The number of hydrogen-bond acceptors (Lipinski definition) is 5. The third-order valence-corrected chi connectivity index (χ3v) is 5.70. The SMILES string of the molecule is [2H]C1([2H])C[C@@H](n2ccnc(C)c2=O)C([2H])([2H])N(C(=O)NC[C@H](O)CN2CCc3ccccc3C2)C1. The fourth-order valence-electron chi connectivity index (χ4n) is 4.02. The van der Waals surface area contributed by atoms with Crippen molar-refractivity contribution in [1.82, 2.24) is 24.7 Å². The van der Waals surface area contributed by atoms with E-state index in [-0.39, 0.29) is 18.7 Å². The molecule has 2 atom stereocenters. The number of urea groups is 1. The van der Waals surface area contributed by atoms with E-state index in [1.807, 2.05) is 12.1 Å². The molecule has 0 aliphatic carbocycles. The molecule has 2 aliphatic rings. The Labute approximate surface area is 188 Å². The lowest BCUT2D eigenvalue weighted by Crippen LogP contribution is -2.49. The van der Waals surface area contributed by atoms with Gasteiger partial charge in [0.2, 0.25) is 0 Å². The average molecular weight is 430 g/mol. The monoisotopic (exact) mass is 429 g/mol. The van der Waals surface area contributed by atoms with Gasteiger partial charge >= 0.3 is 6.03 Å². The fraction of sp³-hybridized carbons (Fsp3) is 0.522. The smallest absolute Gasteiger partial charge is 0.317 e. The second-order valence-corrected chi connectivity index (χ2v) is 8.00. The molecule has 1 fully saturated rings. The van der Waals surface area contributed by atoms with Crippen molar-refractivity contribution >= 4 is 6.03 Å². The third kappa shape index (κ3) is 5.14. The Morgan fingerprint density at radius 1 is 1.35 bits per heavy atom. The number of β-amino-alcohol motifs (C(OH)–C–C–N with tert-alkyl or cyclic N) is 1. The second-order valence-electron chi connectivity index (χ2n) is 8.00. The number of carbonyl (C=O) groups excluding carboxylic acids is 1. The Kier molecular flexibility index (Phi) is 5.25. The molecular formula is C23H31N5O3. The van der Waals surface area contributed by atoms with Gasteiger partial charge in [-0.05, 0) is 37.3 Å². The molecule has 2 amide bonds. The molecule has 4 rings (SSSR count). The average Bonchev–Trinajstić information content (AvgIpc) is 2.81. The zero-order valence-corrected chi connectivity index (χ0v) is 17.6. The van der Waals surface area contributed by atoms with Crippen molar-refractivity contribution in [1.29, 1.82) is 0 Å². The highest BCUT2D eigenvalue weighted by Gasteiger charge is 2.26. The number of nitrogens with zero attached hydrogens (tertiary/aromatic N) is 4. The maximum atomic E-state index is 13.0. The fourth-order valence-corrected chi connectivity index (χ4v) is 4.02. The van der Waals surface area contributed by atoms with Crippen molar-refractivity contribution in [2.75, 3.05) is 32.7 Å². The van der Waals surface area contributed by atoms with Gasteiger partial charge in [0.15, 0.2) is 0 Å². The summed E-state index contributed by atoms with van der Waals surface area (Å²) < 4.78 is 34.9. The lowest BCUT2D eigenvalue weighted by molar-refractivity contribution is 0.102. The Morgan fingerprint density at radius 2 is 2.16 bits per heavy atom. The van der Waals surface area contributed by atoms with Crippen LogP contribution in [0.4, 0.5) is 4.79 Å². The number of hydrogen-bond donors (Lipinski definition) is 2. The van der Waals surface area contributed by atoms with Gasteiger partial charge in [-0.2, -0.15) is 0 Å². The van der Waals surface area contributed by atoms with Gasteiger partial charge in [0.1, 0.15) is 5.69 Å². The number of aryl methyl sites for hydroxylation is 1. The number of piperidine rings is 1. The molecule has 3 heterocycles. The molecule has 0 saturated carbocycles. The summed E-state index contributed by atoms with van der Waals surface area (Å²) in [5, 5.41) is 13.1. The number of carbonyl (C=O) groups is 1. The Morgan fingerprint density at radius 3 is 3.00 bits per heavy atom. The van der Waals surface area contributed by atoms with E-state index in [0.717, 1.165) is 22.4 Å². The standard InChI is InChI=1S/C23H31N5O3/c1-17-22(30)28(12-9-24-17)20-7-4-10-27(15-20)23(31)25-13-21(29)16-26-11-8-18-5-2-3-6-19(18)14-26/h2-3,5-6,9,12,20-21,29H,4,7-8,10-11,13-16H2,1H3,(H,25,31)/t20-,21+/m1/s1/i4D2,15D2. The summed E-state index contributed by atoms with van der Waals surface area (Å²) >= 11 is 0. The highest BCUT2D eigenvalue weighted by molar-refractivity contribution is 5.74. The van der Waals surface area contributed by atoms with Crippen LogP contribution in [0.25, 0.3) is 0 Å². The van der Waals surface area contributed by atoms with Crippen LogP contribution in [0.15, 0.2) is 41.5 Å². The van der Waals surface area contributed by atoms with Crippen LogP contribution in [0.3, 0.4) is 0 Å². The van der Waals surface area contributed by atoms with E-state index >= 15 is 0 Å². The summed E-state index contributed by atoms with van der Waals surface area (Å²) in [6, 6.07) is 6.10. The predicted octanol–water partition coefficient (Wildman–Crippen LogP) is 1.32. The topological polar surface area (TPSA) is 90.7 Å². The minimum Gasteiger partial charge on any atom is -0.390 e. The van der Waals surface area contributed by atoms with E-state index in [0.29, 0.717) is 13.1 Å². The largest absolute Gasteiger partial charge is 0.390 e. The van der Waals surface area contributed by atoms with Crippen molar-refractivity contribution in [2.45, 2.75) is 44.8 Å². The van der Waals surface area contributed by atoms with E-state index < -0.39 is 43.2 Å². The van der Waals surface area contributed by atoms with E-state index in [1.165, 1.54) is 30.4 Å². The first-order valence-corrected chi connectivity index (χ1v) is 10.5. The molecule has 8 heteroatoms. The van der Waals surface area contributed by atoms with Gasteiger partial charge in [0, 0.05) is 54.4 Å². The zero-order chi connectivity index (χ0) is 25.4. The van der Waals surface area contributed by atoms with Crippen LogP contribution < -0.4 is 10.9 Å². The van der Waals surface area contributed by atoms with Gasteiger partial charge < -0.3 is 19.9 Å². The zero-order valence-electron chi connectivity index (χ0n) is 21.6. The van der Waals surface area contributed by atoms with E-state index in [9.17, 15) is 14.7 Å². The maximum Gasteiger partial charge on any atom is 0.317 e. The van der Waals surface area contributed by atoms with Crippen molar-refractivity contribution in [3.8, 4) is 0 Å². The van der Waals surface area contributed by atoms with Crippen molar-refractivity contribution < 1.29 is 15.4 Å². The molecule has 2 aromatic rings. The number of amides is 2.